The zero-order valence-corrected chi connectivity index (χ0v) is 12.2. The topological polar surface area (TPSA) is 35.3 Å². The Morgan fingerprint density at radius 2 is 1.95 bits per heavy atom. The molecule has 0 spiro atoms. The number of hydrogen-bond donors (Lipinski definition) is 0. The van der Waals surface area contributed by atoms with E-state index in [9.17, 15) is 0 Å². The van der Waals surface area contributed by atoms with Crippen LogP contribution in [0, 0.1) is 0 Å². The molecule has 20 heavy (non-hydrogen) atoms. The molecule has 1 aromatic heterocycles. The lowest BCUT2D eigenvalue weighted by Crippen LogP contribution is -1.97. The number of hydrogen-bond acceptors (Lipinski definition) is 4. The molecule has 1 heterocycles. The van der Waals surface area contributed by atoms with Crippen molar-refractivity contribution in [1.29, 1.82) is 0 Å². The van der Waals surface area contributed by atoms with Gasteiger partial charge in [-0.25, -0.2) is 4.98 Å². The maximum absolute atomic E-state index is 5.87. The molecule has 3 aromatic rings. The lowest BCUT2D eigenvalue weighted by molar-refractivity contribution is 0.561. The van der Waals surface area contributed by atoms with E-state index in [1.54, 1.807) is 31.2 Å². The number of nitrogens with zero attached hydrogens (tertiary/aromatic N) is 1. The third-order valence-corrected chi connectivity index (χ3v) is 3.05. The Balaban J connectivity index is 2.01. The molecule has 0 atom stereocenters. The number of halogens is 1. The van der Waals surface area contributed by atoms with Crippen molar-refractivity contribution in [2.45, 2.75) is 6.92 Å². The molecule has 3 nitrogen and oxygen atoms in total. The van der Waals surface area contributed by atoms with E-state index in [0.717, 1.165) is 11.1 Å². The first kappa shape index (κ1) is 13.1. The van der Waals surface area contributed by atoms with Crippen molar-refractivity contribution in [3.05, 3.63) is 47.5 Å². The van der Waals surface area contributed by atoms with Crippen molar-refractivity contribution in [1.82, 2.24) is 4.98 Å². The Morgan fingerprint density at radius 1 is 1.20 bits per heavy atom. The van der Waals surface area contributed by atoms with Crippen LogP contribution in [0.2, 0.25) is 5.02 Å². The molecule has 0 radical (unpaired) electrons. The Bertz CT molecular complexity index is 780. The summed E-state index contributed by atoms with van der Waals surface area (Å²) in [5, 5.41) is 1.14. The van der Waals surface area contributed by atoms with Crippen LogP contribution >= 0.6 is 23.8 Å². The van der Waals surface area contributed by atoms with Crippen LogP contribution in [0.3, 0.4) is 0 Å². The largest absolute Gasteiger partial charge is 0.451 e. The first-order valence-electron chi connectivity index (χ1n) is 5.97. The molecule has 2 aromatic carbocycles. The van der Waals surface area contributed by atoms with Gasteiger partial charge in [-0.3, -0.25) is 0 Å². The third kappa shape index (κ3) is 2.66. The van der Waals surface area contributed by atoms with E-state index in [-0.39, 0.29) is 0 Å². The molecule has 3 rings (SSSR count). The molecule has 5 heteroatoms. The molecule has 0 bridgehead atoms. The SMILES string of the molecule is CC(=S)Oc1ccc2oc(-c3ccc(Cl)cc3)nc2c1. The van der Waals surface area contributed by atoms with Gasteiger partial charge in [0.25, 0.3) is 0 Å². The predicted octanol–water partition coefficient (Wildman–Crippen LogP) is 4.87. The highest BCUT2D eigenvalue weighted by Crippen LogP contribution is 2.27. The first-order chi connectivity index (χ1) is 9.61. The van der Waals surface area contributed by atoms with Gasteiger partial charge >= 0.3 is 0 Å². The van der Waals surface area contributed by atoms with Gasteiger partial charge in [-0.2, -0.15) is 0 Å². The lowest BCUT2D eigenvalue weighted by Gasteiger charge is -2.00. The molecule has 0 aliphatic heterocycles. The van der Waals surface area contributed by atoms with Gasteiger partial charge in [0.05, 0.1) is 0 Å². The molecular formula is C15H10ClNO2S. The van der Waals surface area contributed by atoms with E-state index < -0.39 is 0 Å². The summed E-state index contributed by atoms with van der Waals surface area (Å²) >= 11 is 10.8. The predicted molar refractivity (Wildman–Crippen MR) is 83.4 cm³/mol. The number of thiocarbonyl (C=S) groups is 1. The van der Waals surface area contributed by atoms with E-state index >= 15 is 0 Å². The number of fused-ring (bicyclic) bond motifs is 1. The van der Waals surface area contributed by atoms with Gasteiger partial charge in [-0.1, -0.05) is 11.6 Å². The van der Waals surface area contributed by atoms with Crippen molar-refractivity contribution < 1.29 is 9.15 Å². The fourth-order valence-corrected chi connectivity index (χ4v) is 2.07. The minimum absolute atomic E-state index is 0.464. The molecular weight excluding hydrogens is 294 g/mol. The van der Waals surface area contributed by atoms with Crippen LogP contribution in [0.25, 0.3) is 22.6 Å². The van der Waals surface area contributed by atoms with Crippen LogP contribution in [0.1, 0.15) is 6.92 Å². The summed E-state index contributed by atoms with van der Waals surface area (Å²) in [6.07, 6.45) is 0. The Morgan fingerprint density at radius 3 is 2.65 bits per heavy atom. The second-order valence-corrected chi connectivity index (χ2v) is 5.26. The molecule has 0 saturated carbocycles. The van der Waals surface area contributed by atoms with Gasteiger partial charge in [0.1, 0.15) is 11.3 Å². The summed E-state index contributed by atoms with van der Waals surface area (Å²) in [6, 6.07) is 12.8. The highest BCUT2D eigenvalue weighted by atomic mass is 35.5. The first-order valence-corrected chi connectivity index (χ1v) is 6.75. The minimum atomic E-state index is 0.464. The molecule has 0 aliphatic carbocycles. The van der Waals surface area contributed by atoms with Gasteiger partial charge in [0.2, 0.25) is 5.89 Å². The van der Waals surface area contributed by atoms with Crippen LogP contribution in [-0.4, -0.2) is 10.0 Å². The molecule has 100 valence electrons. The van der Waals surface area contributed by atoms with Crippen LogP contribution in [-0.2, 0) is 0 Å². The quantitative estimate of drug-likeness (QED) is 0.632. The number of benzene rings is 2. The minimum Gasteiger partial charge on any atom is -0.451 e. The second-order valence-electron chi connectivity index (χ2n) is 4.25. The van der Waals surface area contributed by atoms with Crippen molar-refractivity contribution >= 4 is 40.0 Å². The van der Waals surface area contributed by atoms with Crippen molar-refractivity contribution in [2.75, 3.05) is 0 Å². The van der Waals surface area contributed by atoms with Gasteiger partial charge in [-0.05, 0) is 48.6 Å². The third-order valence-electron chi connectivity index (χ3n) is 2.71. The highest BCUT2D eigenvalue weighted by Gasteiger charge is 2.09. The van der Waals surface area contributed by atoms with E-state index in [1.807, 2.05) is 18.2 Å². The normalized spacial score (nSPS) is 10.7. The van der Waals surface area contributed by atoms with E-state index in [1.165, 1.54) is 0 Å². The average Bonchev–Trinajstić information content (AvgIpc) is 2.81. The molecule has 0 unspecified atom stereocenters. The summed E-state index contributed by atoms with van der Waals surface area (Å²) in [7, 11) is 0. The summed E-state index contributed by atoms with van der Waals surface area (Å²) in [6.45, 7) is 1.72. The standard InChI is InChI=1S/C15H10ClNO2S/c1-9(20)18-12-6-7-14-13(8-12)17-15(19-14)10-2-4-11(16)5-3-10/h2-8H,1H3. The number of aromatic nitrogens is 1. The summed E-state index contributed by atoms with van der Waals surface area (Å²) < 4.78 is 11.1. The monoisotopic (exact) mass is 303 g/mol. The zero-order chi connectivity index (χ0) is 14.1. The van der Waals surface area contributed by atoms with Gasteiger partial charge in [0, 0.05) is 23.6 Å². The Kier molecular flexibility index (Phi) is 3.42. The van der Waals surface area contributed by atoms with Gasteiger partial charge in [0.15, 0.2) is 10.6 Å². The second kappa shape index (κ2) is 5.23. The lowest BCUT2D eigenvalue weighted by atomic mass is 10.2. The van der Waals surface area contributed by atoms with E-state index in [4.69, 9.17) is 33.0 Å². The molecule has 0 amide bonds. The van der Waals surface area contributed by atoms with Crippen molar-refractivity contribution in [2.24, 2.45) is 0 Å². The van der Waals surface area contributed by atoms with E-state index in [0.29, 0.717) is 27.3 Å². The fourth-order valence-electron chi connectivity index (χ4n) is 1.85. The smallest absolute Gasteiger partial charge is 0.227 e. The van der Waals surface area contributed by atoms with Crippen molar-refractivity contribution in [3.63, 3.8) is 0 Å². The zero-order valence-electron chi connectivity index (χ0n) is 10.6. The molecule has 0 aliphatic rings. The summed E-state index contributed by atoms with van der Waals surface area (Å²) in [5.41, 5.74) is 2.30. The number of rotatable bonds is 2. The van der Waals surface area contributed by atoms with Crippen LogP contribution in [0.5, 0.6) is 5.75 Å². The van der Waals surface area contributed by atoms with Gasteiger partial charge < -0.3 is 9.15 Å². The van der Waals surface area contributed by atoms with Gasteiger partial charge in [-0.15, -0.1) is 0 Å². The van der Waals surface area contributed by atoms with Crippen LogP contribution in [0.4, 0.5) is 0 Å². The molecule has 0 saturated heterocycles. The summed E-state index contributed by atoms with van der Waals surface area (Å²) in [4.78, 5) is 4.45. The molecule has 0 fully saturated rings. The number of ether oxygens (including phenoxy) is 1. The highest BCUT2D eigenvalue weighted by molar-refractivity contribution is 7.80. The van der Waals surface area contributed by atoms with E-state index in [2.05, 4.69) is 4.98 Å². The molecule has 0 N–H and O–H groups in total. The Labute approximate surface area is 126 Å². The van der Waals surface area contributed by atoms with Crippen LogP contribution < -0.4 is 4.74 Å². The fraction of sp³-hybridized carbons (Fsp3) is 0.0667. The average molecular weight is 304 g/mol. The summed E-state index contributed by atoms with van der Waals surface area (Å²) in [5.74, 6) is 1.20. The van der Waals surface area contributed by atoms with Crippen LogP contribution in [0.15, 0.2) is 46.9 Å². The maximum atomic E-state index is 5.87. The van der Waals surface area contributed by atoms with Crippen molar-refractivity contribution in [3.8, 4) is 17.2 Å². The number of oxazole rings is 1. The Hall–Kier alpha value is -1.91. The maximum Gasteiger partial charge on any atom is 0.227 e.